The monoisotopic (exact) mass is 203 g/mol. The highest BCUT2D eigenvalue weighted by Gasteiger charge is 2.05. The van der Waals surface area contributed by atoms with E-state index in [2.05, 4.69) is 19.9 Å². The topological polar surface area (TPSA) is 86.8 Å². The molecule has 0 aliphatic carbocycles. The van der Waals surface area contributed by atoms with Crippen LogP contribution < -0.4 is 10.5 Å². The minimum atomic E-state index is 0.148. The lowest BCUT2D eigenvalue weighted by Crippen LogP contribution is -1.99. The van der Waals surface area contributed by atoms with Gasteiger partial charge in [-0.2, -0.15) is 4.98 Å². The van der Waals surface area contributed by atoms with Crippen molar-refractivity contribution in [3.8, 4) is 17.3 Å². The number of nitrogens with zero attached hydrogens (tertiary/aromatic N) is 4. The average Bonchev–Trinajstić information content (AvgIpc) is 2.29. The van der Waals surface area contributed by atoms with Crippen molar-refractivity contribution in [3.63, 3.8) is 0 Å². The summed E-state index contributed by atoms with van der Waals surface area (Å²) in [6.07, 6.45) is 4.77. The van der Waals surface area contributed by atoms with E-state index < -0.39 is 0 Å². The molecule has 0 bridgehead atoms. The Labute approximate surface area is 86.2 Å². The molecule has 0 radical (unpaired) electrons. The zero-order chi connectivity index (χ0) is 10.7. The summed E-state index contributed by atoms with van der Waals surface area (Å²) < 4.78 is 4.98. The number of nitrogens with two attached hydrogens (primary N) is 1. The van der Waals surface area contributed by atoms with Crippen molar-refractivity contribution in [1.29, 1.82) is 0 Å². The first-order chi connectivity index (χ1) is 7.29. The molecular weight excluding hydrogens is 194 g/mol. The third-order valence-corrected chi connectivity index (χ3v) is 1.75. The van der Waals surface area contributed by atoms with Crippen molar-refractivity contribution in [3.05, 3.63) is 24.7 Å². The SMILES string of the molecule is COc1cc(-c2cnccn2)nc(N)n1. The molecule has 0 saturated heterocycles. The van der Waals surface area contributed by atoms with Gasteiger partial charge in [0.15, 0.2) is 0 Å². The molecule has 2 aromatic heterocycles. The van der Waals surface area contributed by atoms with E-state index in [0.29, 0.717) is 17.3 Å². The van der Waals surface area contributed by atoms with Gasteiger partial charge in [-0.1, -0.05) is 0 Å². The smallest absolute Gasteiger partial charge is 0.223 e. The number of ether oxygens (including phenoxy) is 1. The molecule has 2 heterocycles. The second kappa shape index (κ2) is 3.87. The lowest BCUT2D eigenvalue weighted by Gasteiger charge is -2.03. The summed E-state index contributed by atoms with van der Waals surface area (Å²) in [6.45, 7) is 0. The van der Waals surface area contributed by atoms with E-state index in [4.69, 9.17) is 10.5 Å². The number of nitrogen functional groups attached to an aromatic ring is 1. The standard InChI is InChI=1S/C9H9N5O/c1-15-8-4-6(13-9(10)14-8)7-5-11-2-3-12-7/h2-5H,1H3,(H2,10,13,14). The van der Waals surface area contributed by atoms with Crippen LogP contribution >= 0.6 is 0 Å². The maximum atomic E-state index is 5.52. The lowest BCUT2D eigenvalue weighted by atomic mass is 10.3. The molecule has 0 aliphatic rings. The van der Waals surface area contributed by atoms with Gasteiger partial charge in [0.05, 0.1) is 19.0 Å². The molecule has 0 amide bonds. The fraction of sp³-hybridized carbons (Fsp3) is 0.111. The number of rotatable bonds is 2. The molecule has 0 unspecified atom stereocenters. The van der Waals surface area contributed by atoms with Crippen molar-refractivity contribution in [2.45, 2.75) is 0 Å². The molecule has 0 aromatic carbocycles. The van der Waals surface area contributed by atoms with E-state index in [-0.39, 0.29) is 5.95 Å². The van der Waals surface area contributed by atoms with Crippen molar-refractivity contribution in [1.82, 2.24) is 19.9 Å². The molecule has 6 nitrogen and oxygen atoms in total. The van der Waals surface area contributed by atoms with Crippen LogP contribution in [0.5, 0.6) is 5.88 Å². The fourth-order valence-corrected chi connectivity index (χ4v) is 1.11. The number of aromatic nitrogens is 4. The van der Waals surface area contributed by atoms with Crippen LogP contribution in [0.25, 0.3) is 11.4 Å². The zero-order valence-corrected chi connectivity index (χ0v) is 8.08. The van der Waals surface area contributed by atoms with Crippen LogP contribution in [0.15, 0.2) is 24.7 Å². The van der Waals surface area contributed by atoms with E-state index in [0.717, 1.165) is 0 Å². The maximum absolute atomic E-state index is 5.52. The second-order valence-corrected chi connectivity index (χ2v) is 2.74. The Morgan fingerprint density at radius 1 is 1.20 bits per heavy atom. The molecule has 2 aromatic rings. The summed E-state index contributed by atoms with van der Waals surface area (Å²) in [7, 11) is 1.52. The van der Waals surface area contributed by atoms with E-state index >= 15 is 0 Å². The molecule has 0 saturated carbocycles. The van der Waals surface area contributed by atoms with Crippen molar-refractivity contribution in [2.24, 2.45) is 0 Å². The van der Waals surface area contributed by atoms with Crippen LogP contribution in [0, 0.1) is 0 Å². The Balaban J connectivity index is 2.49. The first-order valence-electron chi connectivity index (χ1n) is 4.24. The minimum absolute atomic E-state index is 0.148. The highest BCUT2D eigenvalue weighted by atomic mass is 16.5. The largest absolute Gasteiger partial charge is 0.481 e. The predicted molar refractivity (Wildman–Crippen MR) is 54.0 cm³/mol. The number of anilines is 1. The van der Waals surface area contributed by atoms with Gasteiger partial charge >= 0.3 is 0 Å². The lowest BCUT2D eigenvalue weighted by molar-refractivity contribution is 0.398. The number of hydrogen-bond donors (Lipinski definition) is 1. The van der Waals surface area contributed by atoms with Gasteiger partial charge < -0.3 is 10.5 Å². The summed E-state index contributed by atoms with van der Waals surface area (Å²) in [6, 6.07) is 1.65. The summed E-state index contributed by atoms with van der Waals surface area (Å²) >= 11 is 0. The van der Waals surface area contributed by atoms with Crippen LogP contribution in [-0.2, 0) is 0 Å². The first kappa shape index (κ1) is 9.32. The zero-order valence-electron chi connectivity index (χ0n) is 8.08. The molecule has 2 N–H and O–H groups in total. The fourth-order valence-electron chi connectivity index (χ4n) is 1.11. The average molecular weight is 203 g/mol. The first-order valence-corrected chi connectivity index (χ1v) is 4.24. The summed E-state index contributed by atoms with van der Waals surface area (Å²) in [4.78, 5) is 16.0. The van der Waals surface area contributed by atoms with Gasteiger partial charge in [0.2, 0.25) is 11.8 Å². The molecule has 0 aliphatic heterocycles. The van der Waals surface area contributed by atoms with Gasteiger partial charge in [0, 0.05) is 18.5 Å². The van der Waals surface area contributed by atoms with Crippen LogP contribution in [0.1, 0.15) is 0 Å². The second-order valence-electron chi connectivity index (χ2n) is 2.74. The Bertz CT molecular complexity index is 459. The minimum Gasteiger partial charge on any atom is -0.481 e. The number of methoxy groups -OCH3 is 1. The van der Waals surface area contributed by atoms with Crippen LogP contribution in [0.2, 0.25) is 0 Å². The third-order valence-electron chi connectivity index (χ3n) is 1.75. The quantitative estimate of drug-likeness (QED) is 0.765. The van der Waals surface area contributed by atoms with E-state index in [1.54, 1.807) is 24.7 Å². The Kier molecular flexibility index (Phi) is 2.40. The normalized spacial score (nSPS) is 9.93. The molecule has 2 rings (SSSR count). The molecule has 0 atom stereocenters. The molecule has 76 valence electrons. The molecule has 15 heavy (non-hydrogen) atoms. The van der Waals surface area contributed by atoms with E-state index in [9.17, 15) is 0 Å². The highest BCUT2D eigenvalue weighted by Crippen LogP contribution is 2.18. The highest BCUT2D eigenvalue weighted by molar-refractivity contribution is 5.55. The van der Waals surface area contributed by atoms with Crippen LogP contribution in [0.3, 0.4) is 0 Å². The molecule has 0 fully saturated rings. The summed E-state index contributed by atoms with van der Waals surface area (Å²) in [5.41, 5.74) is 6.74. The molecule has 6 heteroatoms. The van der Waals surface area contributed by atoms with Gasteiger partial charge in [-0.15, -0.1) is 0 Å². The van der Waals surface area contributed by atoms with E-state index in [1.165, 1.54) is 7.11 Å². The molecular formula is C9H9N5O. The van der Waals surface area contributed by atoms with Gasteiger partial charge in [-0.25, -0.2) is 4.98 Å². The number of hydrogen-bond acceptors (Lipinski definition) is 6. The van der Waals surface area contributed by atoms with Crippen LogP contribution in [-0.4, -0.2) is 27.0 Å². The van der Waals surface area contributed by atoms with Gasteiger partial charge in [0.25, 0.3) is 0 Å². The molecule has 0 spiro atoms. The van der Waals surface area contributed by atoms with Gasteiger partial charge in [-0.05, 0) is 0 Å². The predicted octanol–water partition coefficient (Wildman–Crippen LogP) is 0.524. The van der Waals surface area contributed by atoms with Gasteiger partial charge in [0.1, 0.15) is 5.69 Å². The Morgan fingerprint density at radius 3 is 2.73 bits per heavy atom. The van der Waals surface area contributed by atoms with Crippen LogP contribution in [0.4, 0.5) is 5.95 Å². The summed E-state index contributed by atoms with van der Waals surface area (Å²) in [5.74, 6) is 0.554. The third kappa shape index (κ3) is 1.98. The Hall–Kier alpha value is -2.24. The maximum Gasteiger partial charge on any atom is 0.223 e. The van der Waals surface area contributed by atoms with Crippen molar-refractivity contribution in [2.75, 3.05) is 12.8 Å². The van der Waals surface area contributed by atoms with Crippen molar-refractivity contribution >= 4 is 5.95 Å². The van der Waals surface area contributed by atoms with Gasteiger partial charge in [-0.3, -0.25) is 9.97 Å². The van der Waals surface area contributed by atoms with Crippen molar-refractivity contribution < 1.29 is 4.74 Å². The Morgan fingerprint density at radius 2 is 2.07 bits per heavy atom. The van der Waals surface area contributed by atoms with E-state index in [1.807, 2.05) is 0 Å². The summed E-state index contributed by atoms with van der Waals surface area (Å²) in [5, 5.41) is 0.